The number of carboxylic acid groups (broad SMARTS) is 1. The zero-order valence-electron chi connectivity index (χ0n) is 14.8. The van der Waals surface area contributed by atoms with Crippen LogP contribution in [0.4, 0.5) is 0 Å². The summed E-state index contributed by atoms with van der Waals surface area (Å²) in [6.45, 7) is 4.86. The number of methoxy groups -OCH3 is 1. The average Bonchev–Trinajstić information content (AvgIpc) is 2.85. The Balaban J connectivity index is 2.24. The van der Waals surface area contributed by atoms with Crippen molar-refractivity contribution in [2.24, 2.45) is 0 Å². The molecule has 2 aromatic rings. The van der Waals surface area contributed by atoms with Crippen LogP contribution in [0.1, 0.15) is 29.4 Å². The Bertz CT molecular complexity index is 766. The monoisotopic (exact) mass is 348 g/mol. The van der Waals surface area contributed by atoms with Gasteiger partial charge in [-0.1, -0.05) is 6.92 Å². The SMILES string of the molecule is CCCn1c(C)c(C(=O)NCCOCC(=O)O)c2cc(OC)ccc21. The van der Waals surface area contributed by atoms with Crippen molar-refractivity contribution in [2.45, 2.75) is 26.8 Å². The van der Waals surface area contributed by atoms with Crippen LogP contribution in [0.2, 0.25) is 0 Å². The first-order chi connectivity index (χ1) is 12.0. The van der Waals surface area contributed by atoms with Crippen LogP contribution in [-0.2, 0) is 16.1 Å². The molecular formula is C18H24N2O5. The molecule has 0 saturated heterocycles. The second-order valence-electron chi connectivity index (χ2n) is 5.70. The highest BCUT2D eigenvalue weighted by Gasteiger charge is 2.20. The molecule has 0 fully saturated rings. The van der Waals surface area contributed by atoms with Crippen LogP contribution in [0.15, 0.2) is 18.2 Å². The van der Waals surface area contributed by atoms with Gasteiger partial charge in [0, 0.05) is 29.7 Å². The van der Waals surface area contributed by atoms with Gasteiger partial charge in [0.25, 0.3) is 5.91 Å². The molecule has 0 spiro atoms. The summed E-state index contributed by atoms with van der Waals surface area (Å²) in [4.78, 5) is 23.1. The van der Waals surface area contributed by atoms with Crippen molar-refractivity contribution in [3.63, 3.8) is 0 Å². The van der Waals surface area contributed by atoms with Crippen molar-refractivity contribution >= 4 is 22.8 Å². The highest BCUT2D eigenvalue weighted by atomic mass is 16.5. The zero-order chi connectivity index (χ0) is 18.4. The fourth-order valence-corrected chi connectivity index (χ4v) is 2.87. The summed E-state index contributed by atoms with van der Waals surface area (Å²) < 4.78 is 12.4. The molecule has 0 unspecified atom stereocenters. The van der Waals surface area contributed by atoms with E-state index in [0.717, 1.165) is 29.6 Å². The van der Waals surface area contributed by atoms with Crippen molar-refractivity contribution in [1.82, 2.24) is 9.88 Å². The van der Waals surface area contributed by atoms with Gasteiger partial charge < -0.3 is 24.5 Å². The first kappa shape index (κ1) is 18.8. The predicted octanol–water partition coefficient (Wildman–Crippen LogP) is 2.20. The van der Waals surface area contributed by atoms with Gasteiger partial charge in [0.15, 0.2) is 0 Å². The van der Waals surface area contributed by atoms with E-state index in [4.69, 9.17) is 14.6 Å². The molecule has 7 nitrogen and oxygen atoms in total. The van der Waals surface area contributed by atoms with E-state index in [0.29, 0.717) is 11.3 Å². The smallest absolute Gasteiger partial charge is 0.329 e. The Kier molecular flexibility index (Phi) is 6.41. The molecule has 0 bridgehead atoms. The Hall–Kier alpha value is -2.54. The number of aliphatic carboxylic acids is 1. The molecule has 1 amide bonds. The molecule has 1 aromatic heterocycles. The lowest BCUT2D eigenvalue weighted by molar-refractivity contribution is -0.142. The third kappa shape index (κ3) is 4.30. The maximum absolute atomic E-state index is 12.7. The third-order valence-corrected chi connectivity index (χ3v) is 3.96. The molecule has 0 aliphatic heterocycles. The molecule has 2 N–H and O–H groups in total. The summed E-state index contributed by atoms with van der Waals surface area (Å²) in [5.41, 5.74) is 2.50. The topological polar surface area (TPSA) is 89.8 Å². The number of aromatic nitrogens is 1. The number of aryl methyl sites for hydroxylation is 1. The summed E-state index contributed by atoms with van der Waals surface area (Å²) >= 11 is 0. The van der Waals surface area contributed by atoms with Crippen LogP contribution in [0, 0.1) is 6.92 Å². The molecule has 0 radical (unpaired) electrons. The number of amides is 1. The number of nitrogens with zero attached hydrogens (tertiary/aromatic N) is 1. The van der Waals surface area contributed by atoms with Gasteiger partial charge in [-0.05, 0) is 31.5 Å². The maximum Gasteiger partial charge on any atom is 0.329 e. The largest absolute Gasteiger partial charge is 0.497 e. The second-order valence-corrected chi connectivity index (χ2v) is 5.70. The Morgan fingerprint density at radius 2 is 2.08 bits per heavy atom. The number of hydrogen-bond acceptors (Lipinski definition) is 4. The molecule has 1 heterocycles. The number of benzene rings is 1. The predicted molar refractivity (Wildman–Crippen MR) is 94.3 cm³/mol. The van der Waals surface area contributed by atoms with Crippen LogP contribution < -0.4 is 10.1 Å². The molecule has 25 heavy (non-hydrogen) atoms. The van der Waals surface area contributed by atoms with E-state index in [1.54, 1.807) is 7.11 Å². The van der Waals surface area contributed by atoms with Crippen molar-refractivity contribution in [3.05, 3.63) is 29.5 Å². The standard InChI is InChI=1S/C18H24N2O5/c1-4-8-20-12(2)17(14-10-13(24-3)5-6-15(14)20)18(23)19-7-9-25-11-16(21)22/h5-6,10H,4,7-9,11H2,1-3H3,(H,19,23)(H,21,22). The average molecular weight is 348 g/mol. The Morgan fingerprint density at radius 3 is 2.72 bits per heavy atom. The van der Waals surface area contributed by atoms with E-state index in [1.165, 1.54) is 0 Å². The van der Waals surface area contributed by atoms with Gasteiger partial charge in [-0.2, -0.15) is 0 Å². The van der Waals surface area contributed by atoms with Crippen LogP contribution >= 0.6 is 0 Å². The number of carbonyl (C=O) groups excluding carboxylic acids is 1. The number of hydrogen-bond donors (Lipinski definition) is 2. The first-order valence-electron chi connectivity index (χ1n) is 8.24. The Labute approximate surface area is 146 Å². The van der Waals surface area contributed by atoms with Crippen LogP contribution in [0.5, 0.6) is 5.75 Å². The number of nitrogens with one attached hydrogen (secondary N) is 1. The van der Waals surface area contributed by atoms with Gasteiger partial charge in [0.05, 0.1) is 19.3 Å². The van der Waals surface area contributed by atoms with Crippen molar-refractivity contribution in [1.29, 1.82) is 0 Å². The van der Waals surface area contributed by atoms with Gasteiger partial charge in [-0.25, -0.2) is 4.79 Å². The number of rotatable bonds is 9. The summed E-state index contributed by atoms with van der Waals surface area (Å²) in [5.74, 6) is -0.540. The molecule has 7 heteroatoms. The number of ether oxygens (including phenoxy) is 2. The minimum Gasteiger partial charge on any atom is -0.497 e. The lowest BCUT2D eigenvalue weighted by Crippen LogP contribution is -2.28. The normalized spacial score (nSPS) is 10.8. The molecule has 0 saturated carbocycles. The van der Waals surface area contributed by atoms with Crippen LogP contribution in [0.3, 0.4) is 0 Å². The summed E-state index contributed by atoms with van der Waals surface area (Å²) in [5, 5.41) is 12.2. The molecule has 2 rings (SSSR count). The summed E-state index contributed by atoms with van der Waals surface area (Å²) in [6, 6.07) is 5.71. The molecule has 0 aliphatic carbocycles. The van der Waals surface area contributed by atoms with Gasteiger partial charge >= 0.3 is 5.97 Å². The zero-order valence-corrected chi connectivity index (χ0v) is 14.8. The van der Waals surface area contributed by atoms with Crippen LogP contribution in [0.25, 0.3) is 10.9 Å². The van der Waals surface area contributed by atoms with Gasteiger partial charge in [-0.3, -0.25) is 4.79 Å². The third-order valence-electron chi connectivity index (χ3n) is 3.96. The molecule has 136 valence electrons. The number of carboxylic acids is 1. The van der Waals surface area contributed by atoms with E-state index in [9.17, 15) is 9.59 Å². The molecule has 0 atom stereocenters. The van der Waals surface area contributed by atoms with Gasteiger partial charge in [0.2, 0.25) is 0 Å². The minimum absolute atomic E-state index is 0.147. The quantitative estimate of drug-likeness (QED) is 0.678. The van der Waals surface area contributed by atoms with Crippen LogP contribution in [-0.4, -0.2) is 48.4 Å². The van der Waals surface area contributed by atoms with E-state index in [1.807, 2.05) is 25.1 Å². The first-order valence-corrected chi connectivity index (χ1v) is 8.24. The number of fused-ring (bicyclic) bond motifs is 1. The van der Waals surface area contributed by atoms with Crippen molar-refractivity contribution in [3.8, 4) is 5.75 Å². The fourth-order valence-electron chi connectivity index (χ4n) is 2.87. The van der Waals surface area contributed by atoms with E-state index in [2.05, 4.69) is 16.8 Å². The van der Waals surface area contributed by atoms with E-state index >= 15 is 0 Å². The van der Waals surface area contributed by atoms with Gasteiger partial charge in [-0.15, -0.1) is 0 Å². The molecule has 0 aliphatic rings. The maximum atomic E-state index is 12.7. The number of carbonyl (C=O) groups is 2. The van der Waals surface area contributed by atoms with E-state index in [-0.39, 0.29) is 25.7 Å². The minimum atomic E-state index is -1.03. The van der Waals surface area contributed by atoms with Crippen molar-refractivity contribution in [2.75, 3.05) is 26.9 Å². The highest BCUT2D eigenvalue weighted by Crippen LogP contribution is 2.29. The van der Waals surface area contributed by atoms with Gasteiger partial charge in [0.1, 0.15) is 12.4 Å². The summed E-state index contributed by atoms with van der Waals surface area (Å²) in [7, 11) is 1.59. The fraction of sp³-hybridized carbons (Fsp3) is 0.444. The lowest BCUT2D eigenvalue weighted by atomic mass is 10.1. The molecular weight excluding hydrogens is 324 g/mol. The highest BCUT2D eigenvalue weighted by molar-refractivity contribution is 6.08. The van der Waals surface area contributed by atoms with Crippen molar-refractivity contribution < 1.29 is 24.2 Å². The van der Waals surface area contributed by atoms with E-state index < -0.39 is 5.97 Å². The summed E-state index contributed by atoms with van der Waals surface area (Å²) in [6.07, 6.45) is 0.959. The second kappa shape index (κ2) is 8.53. The lowest BCUT2D eigenvalue weighted by Gasteiger charge is -2.07. The molecule has 1 aromatic carbocycles. The Morgan fingerprint density at radius 1 is 1.32 bits per heavy atom.